The van der Waals surface area contributed by atoms with Crippen molar-refractivity contribution in [3.05, 3.63) is 90.3 Å². The number of likely N-dealkylation sites (N-methyl/N-ethyl adjacent to an activating group) is 1. The van der Waals surface area contributed by atoms with E-state index in [1.165, 1.54) is 11.1 Å². The first-order valence-electron chi connectivity index (χ1n) is 10.3. The number of rotatable bonds is 6. The van der Waals surface area contributed by atoms with E-state index < -0.39 is 0 Å². The van der Waals surface area contributed by atoms with Gasteiger partial charge in [-0.25, -0.2) is 9.97 Å². The minimum absolute atomic E-state index is 0.0374. The van der Waals surface area contributed by atoms with E-state index in [-0.39, 0.29) is 11.9 Å². The van der Waals surface area contributed by atoms with E-state index in [0.717, 1.165) is 19.0 Å². The lowest BCUT2D eigenvalue weighted by atomic mass is 9.97. The summed E-state index contributed by atoms with van der Waals surface area (Å²) in [6, 6.07) is 22.6. The number of hydrogen-bond acceptors (Lipinski definition) is 5. The monoisotopic (exact) mass is 401 g/mol. The van der Waals surface area contributed by atoms with E-state index in [1.54, 1.807) is 12.4 Å². The highest BCUT2D eigenvalue weighted by atomic mass is 16.2. The van der Waals surface area contributed by atoms with Gasteiger partial charge >= 0.3 is 0 Å². The molecule has 1 amide bonds. The number of carbonyl (C=O) groups excluding carboxylic acids is 1. The van der Waals surface area contributed by atoms with E-state index >= 15 is 0 Å². The van der Waals surface area contributed by atoms with Crippen LogP contribution in [0.15, 0.2) is 79.1 Å². The molecule has 154 valence electrons. The van der Waals surface area contributed by atoms with Gasteiger partial charge in [0.2, 0.25) is 11.9 Å². The largest absolute Gasteiger partial charge is 0.338 e. The number of nitrogens with zero attached hydrogens (tertiary/aromatic N) is 5. The first-order valence-corrected chi connectivity index (χ1v) is 10.3. The molecule has 2 heterocycles. The SMILES string of the molecule is CN(CC(=O)N1CCN(c2ncccn2)CC1)C(c1ccccc1)c1ccccc1. The Balaban J connectivity index is 1.42. The Hall–Kier alpha value is -3.25. The molecule has 1 aliphatic rings. The number of anilines is 1. The average Bonchev–Trinajstić information content (AvgIpc) is 2.81. The second kappa shape index (κ2) is 9.50. The minimum atomic E-state index is 0.0374. The maximum absolute atomic E-state index is 13.1. The van der Waals surface area contributed by atoms with Crippen molar-refractivity contribution in [2.24, 2.45) is 0 Å². The van der Waals surface area contributed by atoms with Gasteiger partial charge in [-0.2, -0.15) is 0 Å². The highest BCUT2D eigenvalue weighted by Crippen LogP contribution is 2.27. The Morgan fingerprint density at radius 1 is 0.867 bits per heavy atom. The molecule has 6 heteroatoms. The van der Waals surface area contributed by atoms with Crippen molar-refractivity contribution < 1.29 is 4.79 Å². The number of aromatic nitrogens is 2. The van der Waals surface area contributed by atoms with Crippen LogP contribution in [0.1, 0.15) is 17.2 Å². The van der Waals surface area contributed by atoms with E-state index in [4.69, 9.17) is 0 Å². The molecule has 3 aromatic rings. The summed E-state index contributed by atoms with van der Waals surface area (Å²) in [5.41, 5.74) is 2.37. The topological polar surface area (TPSA) is 52.6 Å². The summed E-state index contributed by atoms with van der Waals surface area (Å²) < 4.78 is 0. The summed E-state index contributed by atoms with van der Waals surface area (Å²) in [5, 5.41) is 0. The lowest BCUT2D eigenvalue weighted by Crippen LogP contribution is -2.51. The Morgan fingerprint density at radius 3 is 1.93 bits per heavy atom. The van der Waals surface area contributed by atoms with Crippen LogP contribution in [0.25, 0.3) is 0 Å². The zero-order valence-electron chi connectivity index (χ0n) is 17.3. The van der Waals surface area contributed by atoms with Gasteiger partial charge in [-0.15, -0.1) is 0 Å². The highest BCUT2D eigenvalue weighted by Gasteiger charge is 2.26. The quantitative estimate of drug-likeness (QED) is 0.636. The van der Waals surface area contributed by atoms with Crippen LogP contribution in [0.3, 0.4) is 0 Å². The van der Waals surface area contributed by atoms with Gasteiger partial charge in [-0.1, -0.05) is 60.7 Å². The molecule has 1 fully saturated rings. The summed E-state index contributed by atoms with van der Waals surface area (Å²) in [5.74, 6) is 0.887. The molecule has 1 saturated heterocycles. The molecule has 0 spiro atoms. The number of carbonyl (C=O) groups is 1. The molecule has 0 saturated carbocycles. The second-order valence-electron chi connectivity index (χ2n) is 7.56. The van der Waals surface area contributed by atoms with Crippen LogP contribution in [0.2, 0.25) is 0 Å². The van der Waals surface area contributed by atoms with Gasteiger partial charge < -0.3 is 9.80 Å². The van der Waals surface area contributed by atoms with Gasteiger partial charge in [0.25, 0.3) is 0 Å². The second-order valence-corrected chi connectivity index (χ2v) is 7.56. The molecule has 30 heavy (non-hydrogen) atoms. The van der Waals surface area contributed by atoms with E-state index in [2.05, 4.69) is 44.0 Å². The van der Waals surface area contributed by atoms with Crippen LogP contribution in [0, 0.1) is 0 Å². The van der Waals surface area contributed by atoms with Gasteiger partial charge in [0.05, 0.1) is 12.6 Å². The van der Waals surface area contributed by atoms with Crippen LogP contribution < -0.4 is 4.90 Å². The van der Waals surface area contributed by atoms with Gasteiger partial charge in [-0.3, -0.25) is 9.69 Å². The number of hydrogen-bond donors (Lipinski definition) is 0. The Bertz CT molecular complexity index is 888. The number of amides is 1. The van der Waals surface area contributed by atoms with E-state index in [9.17, 15) is 4.79 Å². The van der Waals surface area contributed by atoms with Crippen molar-refractivity contribution in [1.29, 1.82) is 0 Å². The normalized spacial score (nSPS) is 14.4. The zero-order chi connectivity index (χ0) is 20.8. The van der Waals surface area contributed by atoms with Crippen LogP contribution >= 0.6 is 0 Å². The van der Waals surface area contributed by atoms with Gasteiger partial charge in [-0.05, 0) is 24.2 Å². The Morgan fingerprint density at radius 2 is 1.40 bits per heavy atom. The molecule has 0 radical (unpaired) electrons. The molecular formula is C24H27N5O. The van der Waals surface area contributed by atoms with E-state index in [1.807, 2.05) is 54.4 Å². The zero-order valence-corrected chi connectivity index (χ0v) is 17.3. The third-order valence-electron chi connectivity index (χ3n) is 5.52. The fourth-order valence-corrected chi connectivity index (χ4v) is 3.99. The van der Waals surface area contributed by atoms with Crippen molar-refractivity contribution in [1.82, 2.24) is 19.8 Å². The molecule has 0 N–H and O–H groups in total. The van der Waals surface area contributed by atoms with E-state index in [0.29, 0.717) is 19.6 Å². The third-order valence-corrected chi connectivity index (χ3v) is 5.52. The maximum Gasteiger partial charge on any atom is 0.236 e. The summed E-state index contributed by atoms with van der Waals surface area (Å²) in [4.78, 5) is 27.9. The summed E-state index contributed by atoms with van der Waals surface area (Å²) in [6.07, 6.45) is 3.50. The maximum atomic E-state index is 13.1. The fraction of sp³-hybridized carbons (Fsp3) is 0.292. The molecule has 0 atom stereocenters. The molecule has 0 unspecified atom stereocenters. The van der Waals surface area contributed by atoms with Crippen LogP contribution in [-0.4, -0.2) is 65.4 Å². The standard InChI is InChI=1S/C24H27N5O/c1-27(23(20-9-4-2-5-10-20)21-11-6-3-7-12-21)19-22(30)28-15-17-29(18-16-28)24-25-13-8-14-26-24/h2-14,23H,15-19H2,1H3. The first-order chi connectivity index (χ1) is 14.7. The van der Waals surface area contributed by atoms with Crippen LogP contribution in [-0.2, 0) is 4.79 Å². The van der Waals surface area contributed by atoms with Crippen molar-refractivity contribution in [3.8, 4) is 0 Å². The van der Waals surface area contributed by atoms with Crippen LogP contribution in [0.5, 0.6) is 0 Å². The predicted octanol–water partition coefficient (Wildman–Crippen LogP) is 2.85. The highest BCUT2D eigenvalue weighted by molar-refractivity contribution is 5.78. The predicted molar refractivity (Wildman–Crippen MR) is 118 cm³/mol. The van der Waals surface area contributed by atoms with Crippen molar-refractivity contribution in [3.63, 3.8) is 0 Å². The number of benzene rings is 2. The van der Waals surface area contributed by atoms with Crippen molar-refractivity contribution >= 4 is 11.9 Å². The average molecular weight is 402 g/mol. The summed E-state index contributed by atoms with van der Waals surface area (Å²) >= 11 is 0. The fourth-order valence-electron chi connectivity index (χ4n) is 3.99. The first kappa shape index (κ1) is 20.0. The Labute approximate surface area is 177 Å². The molecular weight excluding hydrogens is 374 g/mol. The van der Waals surface area contributed by atoms with Gasteiger partial charge in [0.1, 0.15) is 0 Å². The molecule has 1 aliphatic heterocycles. The van der Waals surface area contributed by atoms with Gasteiger partial charge in [0.15, 0.2) is 0 Å². The third kappa shape index (κ3) is 4.66. The minimum Gasteiger partial charge on any atom is -0.338 e. The van der Waals surface area contributed by atoms with Crippen molar-refractivity contribution in [2.75, 3.05) is 44.7 Å². The smallest absolute Gasteiger partial charge is 0.236 e. The van der Waals surface area contributed by atoms with Gasteiger partial charge in [0, 0.05) is 38.6 Å². The molecule has 4 rings (SSSR count). The molecule has 0 aliphatic carbocycles. The number of piperazine rings is 1. The lowest BCUT2D eigenvalue weighted by Gasteiger charge is -2.36. The summed E-state index contributed by atoms with van der Waals surface area (Å²) in [6.45, 7) is 3.25. The van der Waals surface area contributed by atoms with Crippen LogP contribution in [0.4, 0.5) is 5.95 Å². The Kier molecular flexibility index (Phi) is 6.35. The van der Waals surface area contributed by atoms with Crippen molar-refractivity contribution in [2.45, 2.75) is 6.04 Å². The molecule has 6 nitrogen and oxygen atoms in total. The molecule has 0 bridgehead atoms. The lowest BCUT2D eigenvalue weighted by molar-refractivity contribution is -0.132. The molecule has 2 aromatic carbocycles. The molecule has 1 aromatic heterocycles. The summed E-state index contributed by atoms with van der Waals surface area (Å²) in [7, 11) is 2.02.